The average Bonchev–Trinajstić information content (AvgIpc) is 2.95. The lowest BCUT2D eigenvalue weighted by Crippen LogP contribution is -2.54. The van der Waals surface area contributed by atoms with Crippen LogP contribution in [0, 0.1) is 0 Å². The van der Waals surface area contributed by atoms with Crippen molar-refractivity contribution in [1.82, 2.24) is 14.7 Å². The van der Waals surface area contributed by atoms with Gasteiger partial charge in [-0.25, -0.2) is 0 Å². The van der Waals surface area contributed by atoms with E-state index in [4.69, 9.17) is 4.74 Å². The molecule has 2 fully saturated rings. The van der Waals surface area contributed by atoms with Gasteiger partial charge in [-0.05, 0) is 19.5 Å². The largest absolute Gasteiger partial charge is 0.485 e. The van der Waals surface area contributed by atoms with E-state index in [2.05, 4.69) is 11.9 Å². The van der Waals surface area contributed by atoms with Crippen LogP contribution in [0.15, 0.2) is 24.3 Å². The van der Waals surface area contributed by atoms with Crippen LogP contribution >= 0.6 is 0 Å². The van der Waals surface area contributed by atoms with E-state index >= 15 is 0 Å². The van der Waals surface area contributed by atoms with Crippen LogP contribution in [0.3, 0.4) is 0 Å². The second-order valence-electron chi connectivity index (χ2n) is 7.86. The Labute approximate surface area is 154 Å². The van der Waals surface area contributed by atoms with Gasteiger partial charge in [0.25, 0.3) is 0 Å². The highest BCUT2D eigenvalue weighted by Gasteiger charge is 2.41. The van der Waals surface area contributed by atoms with E-state index in [9.17, 15) is 9.59 Å². The average molecular weight is 357 g/mol. The van der Waals surface area contributed by atoms with Crippen LogP contribution in [-0.2, 0) is 16.1 Å². The number of likely N-dealkylation sites (tertiary alicyclic amines) is 2. The maximum Gasteiger partial charge on any atom is 0.242 e. The minimum atomic E-state index is -0.330. The minimum Gasteiger partial charge on any atom is -0.485 e. The predicted octanol–water partition coefficient (Wildman–Crippen LogP) is 1.49. The highest BCUT2D eigenvalue weighted by Crippen LogP contribution is 2.35. The Morgan fingerprint density at radius 1 is 1.19 bits per heavy atom. The van der Waals surface area contributed by atoms with Crippen LogP contribution in [0.5, 0.6) is 5.75 Å². The monoisotopic (exact) mass is 357 g/mol. The molecule has 2 amide bonds. The third kappa shape index (κ3) is 3.43. The molecule has 0 aromatic heterocycles. The normalized spacial score (nSPS) is 22.9. The summed E-state index contributed by atoms with van der Waals surface area (Å²) in [5.74, 6) is 1.02. The predicted molar refractivity (Wildman–Crippen MR) is 97.8 cm³/mol. The molecule has 0 N–H and O–H groups in total. The number of amides is 2. The first-order valence-corrected chi connectivity index (χ1v) is 9.56. The molecule has 0 radical (unpaired) electrons. The first-order valence-electron chi connectivity index (χ1n) is 9.56. The third-order valence-electron chi connectivity index (χ3n) is 5.89. The number of para-hydroxylation sites is 1. The molecule has 6 heteroatoms. The lowest BCUT2D eigenvalue weighted by atomic mass is 9.90. The van der Waals surface area contributed by atoms with Crippen molar-refractivity contribution in [3.05, 3.63) is 29.8 Å². The van der Waals surface area contributed by atoms with Crippen molar-refractivity contribution in [1.29, 1.82) is 0 Å². The number of ether oxygens (including phenoxy) is 1. The quantitative estimate of drug-likeness (QED) is 0.805. The van der Waals surface area contributed by atoms with Crippen LogP contribution in [0.2, 0.25) is 0 Å². The maximum absolute atomic E-state index is 13.0. The van der Waals surface area contributed by atoms with Gasteiger partial charge in [0.2, 0.25) is 11.8 Å². The number of nitrogens with zero attached hydrogens (tertiary/aromatic N) is 3. The van der Waals surface area contributed by atoms with Crippen molar-refractivity contribution in [2.45, 2.75) is 37.8 Å². The van der Waals surface area contributed by atoms with Gasteiger partial charge >= 0.3 is 0 Å². The van der Waals surface area contributed by atoms with Gasteiger partial charge < -0.3 is 19.4 Å². The van der Waals surface area contributed by atoms with Crippen molar-refractivity contribution in [3.63, 3.8) is 0 Å². The van der Waals surface area contributed by atoms with Gasteiger partial charge in [-0.2, -0.15) is 0 Å². The molecule has 3 aliphatic heterocycles. The number of fused-ring (bicyclic) bond motifs is 1. The first kappa shape index (κ1) is 17.3. The standard InChI is InChI=1S/C20H27N3O3/c1-21-11-8-20(9-12-21)15-23(13-16-5-2-3-6-17(16)26-20)19(25)14-22-10-4-7-18(22)24/h2-3,5-6H,4,7-15H2,1H3. The molecular weight excluding hydrogens is 330 g/mol. The van der Waals surface area contributed by atoms with E-state index < -0.39 is 0 Å². The van der Waals surface area contributed by atoms with Gasteiger partial charge in [0.15, 0.2) is 0 Å². The summed E-state index contributed by atoms with van der Waals surface area (Å²) < 4.78 is 6.50. The number of carbonyl (C=O) groups excluding carboxylic acids is 2. The summed E-state index contributed by atoms with van der Waals surface area (Å²) in [7, 11) is 2.12. The highest BCUT2D eigenvalue weighted by molar-refractivity contribution is 5.86. The minimum absolute atomic E-state index is 0.0267. The number of carbonyl (C=O) groups is 2. The van der Waals surface area contributed by atoms with Gasteiger partial charge in [0, 0.05) is 51.0 Å². The fourth-order valence-electron chi connectivity index (χ4n) is 4.21. The number of benzene rings is 1. The molecule has 0 saturated carbocycles. The van der Waals surface area contributed by atoms with E-state index in [0.717, 1.165) is 43.7 Å². The Hall–Kier alpha value is -2.08. The molecule has 0 atom stereocenters. The molecule has 0 aliphatic carbocycles. The van der Waals surface area contributed by atoms with E-state index in [-0.39, 0.29) is 24.0 Å². The van der Waals surface area contributed by atoms with Crippen LogP contribution in [-0.4, -0.2) is 71.9 Å². The van der Waals surface area contributed by atoms with Crippen molar-refractivity contribution in [3.8, 4) is 5.75 Å². The lowest BCUT2D eigenvalue weighted by Gasteiger charge is -2.42. The zero-order valence-corrected chi connectivity index (χ0v) is 15.4. The van der Waals surface area contributed by atoms with Crippen LogP contribution in [0.25, 0.3) is 0 Å². The molecule has 1 aromatic rings. The van der Waals surface area contributed by atoms with Gasteiger partial charge in [-0.15, -0.1) is 0 Å². The first-order chi connectivity index (χ1) is 12.5. The zero-order chi connectivity index (χ0) is 18.1. The number of piperidine rings is 1. The third-order valence-corrected chi connectivity index (χ3v) is 5.89. The van der Waals surface area contributed by atoms with Gasteiger partial charge in [0.1, 0.15) is 11.4 Å². The van der Waals surface area contributed by atoms with Crippen LogP contribution in [0.1, 0.15) is 31.2 Å². The summed E-state index contributed by atoms with van der Waals surface area (Å²) in [6.07, 6.45) is 3.23. The summed E-state index contributed by atoms with van der Waals surface area (Å²) in [6.45, 7) is 3.97. The Morgan fingerprint density at radius 2 is 1.96 bits per heavy atom. The molecule has 140 valence electrons. The SMILES string of the molecule is CN1CCC2(CC1)CN(C(=O)CN1CCCC1=O)Cc1ccccc1O2. The van der Waals surface area contributed by atoms with Crippen molar-refractivity contribution in [2.75, 3.05) is 39.8 Å². The zero-order valence-electron chi connectivity index (χ0n) is 15.4. The summed E-state index contributed by atoms with van der Waals surface area (Å²) in [4.78, 5) is 30.8. The van der Waals surface area contributed by atoms with E-state index in [0.29, 0.717) is 26.1 Å². The molecule has 3 heterocycles. The molecule has 6 nitrogen and oxygen atoms in total. The Balaban J connectivity index is 1.57. The van der Waals surface area contributed by atoms with Crippen molar-refractivity contribution in [2.24, 2.45) is 0 Å². The molecule has 1 aromatic carbocycles. The van der Waals surface area contributed by atoms with Gasteiger partial charge in [0.05, 0.1) is 13.1 Å². The summed E-state index contributed by atoms with van der Waals surface area (Å²) >= 11 is 0. The summed E-state index contributed by atoms with van der Waals surface area (Å²) in [6, 6.07) is 8.02. The summed E-state index contributed by atoms with van der Waals surface area (Å²) in [5.41, 5.74) is 0.716. The lowest BCUT2D eigenvalue weighted by molar-refractivity contribution is -0.141. The maximum atomic E-state index is 13.0. The van der Waals surface area contributed by atoms with E-state index in [1.54, 1.807) is 4.90 Å². The second-order valence-corrected chi connectivity index (χ2v) is 7.86. The fourth-order valence-corrected chi connectivity index (χ4v) is 4.21. The van der Waals surface area contributed by atoms with E-state index in [1.807, 2.05) is 29.2 Å². The molecule has 0 bridgehead atoms. The van der Waals surface area contributed by atoms with Crippen LogP contribution in [0.4, 0.5) is 0 Å². The van der Waals surface area contributed by atoms with Crippen molar-refractivity contribution < 1.29 is 14.3 Å². The molecule has 4 rings (SSSR count). The summed E-state index contributed by atoms with van der Waals surface area (Å²) in [5, 5.41) is 0. The molecular formula is C20H27N3O3. The highest BCUT2D eigenvalue weighted by atomic mass is 16.5. The fraction of sp³-hybridized carbons (Fsp3) is 0.600. The van der Waals surface area contributed by atoms with Crippen molar-refractivity contribution >= 4 is 11.8 Å². The Kier molecular flexibility index (Phi) is 4.61. The topological polar surface area (TPSA) is 53.1 Å². The van der Waals surface area contributed by atoms with Gasteiger partial charge in [-0.3, -0.25) is 9.59 Å². The molecule has 2 saturated heterocycles. The number of hydrogen-bond acceptors (Lipinski definition) is 4. The molecule has 3 aliphatic rings. The smallest absolute Gasteiger partial charge is 0.242 e. The van der Waals surface area contributed by atoms with Crippen LogP contribution < -0.4 is 4.74 Å². The molecule has 1 spiro atoms. The number of hydrogen-bond donors (Lipinski definition) is 0. The Bertz CT molecular complexity index is 697. The second kappa shape index (κ2) is 6.91. The number of rotatable bonds is 2. The molecule has 26 heavy (non-hydrogen) atoms. The molecule has 0 unspecified atom stereocenters. The van der Waals surface area contributed by atoms with E-state index in [1.165, 1.54) is 0 Å². The Morgan fingerprint density at radius 3 is 2.69 bits per heavy atom. The van der Waals surface area contributed by atoms with Gasteiger partial charge in [-0.1, -0.05) is 18.2 Å².